The van der Waals surface area contributed by atoms with Crippen LogP contribution in [0.3, 0.4) is 0 Å². The highest BCUT2D eigenvalue weighted by atomic mass is 79.9. The van der Waals surface area contributed by atoms with Gasteiger partial charge in [0, 0.05) is 11.6 Å². The van der Waals surface area contributed by atoms with Gasteiger partial charge in [-0.2, -0.15) is 4.57 Å². The highest BCUT2D eigenvalue weighted by molar-refractivity contribution is 7.12. The van der Waals surface area contributed by atoms with Crippen LogP contribution in [0.2, 0.25) is 0 Å². The molecule has 0 atom stereocenters. The van der Waals surface area contributed by atoms with Gasteiger partial charge in [-0.05, 0) is 24.4 Å². The molecule has 16 heavy (non-hydrogen) atoms. The average Bonchev–Trinajstić information content (AvgIpc) is 2.70. The van der Waals surface area contributed by atoms with Crippen LogP contribution in [-0.2, 0) is 6.54 Å². The molecule has 0 spiro atoms. The van der Waals surface area contributed by atoms with Crippen molar-refractivity contribution in [2.75, 3.05) is 0 Å². The third-order valence-electron chi connectivity index (χ3n) is 2.13. The normalized spacial score (nSPS) is 9.56. The highest BCUT2D eigenvalue weighted by Crippen LogP contribution is 2.08. The number of pyridine rings is 1. The van der Waals surface area contributed by atoms with Gasteiger partial charge in [0.2, 0.25) is 12.3 Å². The number of Topliss-reactive ketones (excluding diaryl/α,β-unsaturated/α-hetero) is 1. The van der Waals surface area contributed by atoms with E-state index >= 15 is 0 Å². The maximum atomic E-state index is 11.8. The largest absolute Gasteiger partial charge is 1.00 e. The number of halogens is 1. The lowest BCUT2D eigenvalue weighted by Gasteiger charge is -1.95. The molecule has 4 heteroatoms. The highest BCUT2D eigenvalue weighted by Gasteiger charge is 2.12. The van der Waals surface area contributed by atoms with Crippen LogP contribution in [0.5, 0.6) is 0 Å². The molecule has 2 rings (SSSR count). The van der Waals surface area contributed by atoms with Gasteiger partial charge in [-0.3, -0.25) is 4.79 Å². The van der Waals surface area contributed by atoms with Crippen molar-refractivity contribution in [2.24, 2.45) is 0 Å². The number of carbonyl (C=O) groups is 1. The summed E-state index contributed by atoms with van der Waals surface area (Å²) in [6.45, 7) is 2.44. The van der Waals surface area contributed by atoms with Crippen molar-refractivity contribution in [1.82, 2.24) is 0 Å². The van der Waals surface area contributed by atoms with E-state index in [4.69, 9.17) is 0 Å². The number of hydrogen-bond acceptors (Lipinski definition) is 2. The SMILES string of the molecule is Cc1ccc[n+](CC(=O)c2cccs2)c1.[Br-]. The zero-order chi connectivity index (χ0) is 10.7. The first-order valence-corrected chi connectivity index (χ1v) is 5.66. The second kappa shape index (κ2) is 5.92. The Morgan fingerprint density at radius 2 is 2.19 bits per heavy atom. The van der Waals surface area contributed by atoms with Crippen LogP contribution in [0.15, 0.2) is 42.0 Å². The summed E-state index contributed by atoms with van der Waals surface area (Å²) in [7, 11) is 0. The molecule has 0 saturated heterocycles. The minimum atomic E-state index is 0. The van der Waals surface area contributed by atoms with Crippen LogP contribution in [-0.4, -0.2) is 5.78 Å². The molecule has 0 aliphatic rings. The Hall–Kier alpha value is -1.00. The van der Waals surface area contributed by atoms with Gasteiger partial charge in [-0.15, -0.1) is 11.3 Å². The molecule has 84 valence electrons. The zero-order valence-corrected chi connectivity index (χ0v) is 11.3. The molecule has 0 aliphatic heterocycles. The number of thiophene rings is 1. The minimum Gasteiger partial charge on any atom is -1.00 e. The predicted octanol–water partition coefficient (Wildman–Crippen LogP) is -0.769. The van der Waals surface area contributed by atoms with Crippen molar-refractivity contribution >= 4 is 17.1 Å². The lowest BCUT2D eigenvalue weighted by molar-refractivity contribution is -0.683. The zero-order valence-electron chi connectivity index (χ0n) is 8.89. The van der Waals surface area contributed by atoms with Gasteiger partial charge in [0.1, 0.15) is 0 Å². The van der Waals surface area contributed by atoms with Crippen LogP contribution in [0.25, 0.3) is 0 Å². The first-order valence-electron chi connectivity index (χ1n) is 4.78. The van der Waals surface area contributed by atoms with Gasteiger partial charge in [-0.1, -0.05) is 6.07 Å². The molecule has 0 amide bonds. The number of hydrogen-bond donors (Lipinski definition) is 0. The van der Waals surface area contributed by atoms with Crippen molar-refractivity contribution in [3.8, 4) is 0 Å². The van der Waals surface area contributed by atoms with Crippen molar-refractivity contribution in [2.45, 2.75) is 13.5 Å². The fraction of sp³-hybridized carbons (Fsp3) is 0.167. The number of nitrogens with zero attached hydrogens (tertiary/aromatic N) is 1. The summed E-state index contributed by atoms with van der Waals surface area (Å²) in [5, 5.41) is 1.92. The molecule has 0 unspecified atom stereocenters. The van der Waals surface area contributed by atoms with Crippen LogP contribution >= 0.6 is 11.3 Å². The molecular formula is C12H12BrNOS. The van der Waals surface area contributed by atoms with E-state index in [1.807, 2.05) is 53.5 Å². The van der Waals surface area contributed by atoms with Gasteiger partial charge in [0.05, 0.1) is 4.88 Å². The summed E-state index contributed by atoms with van der Waals surface area (Å²) in [5.41, 5.74) is 1.16. The molecule has 0 radical (unpaired) electrons. The molecule has 0 aliphatic carbocycles. The maximum Gasteiger partial charge on any atom is 0.237 e. The van der Waals surface area contributed by atoms with Crippen molar-refractivity contribution in [1.29, 1.82) is 0 Å². The fourth-order valence-electron chi connectivity index (χ4n) is 1.43. The Kier molecular flexibility index (Phi) is 4.83. The van der Waals surface area contributed by atoms with Gasteiger partial charge in [0.25, 0.3) is 0 Å². The molecule has 2 aromatic rings. The summed E-state index contributed by atoms with van der Waals surface area (Å²) in [4.78, 5) is 12.6. The van der Waals surface area contributed by atoms with E-state index < -0.39 is 0 Å². The van der Waals surface area contributed by atoms with Crippen molar-refractivity contribution in [3.63, 3.8) is 0 Å². The summed E-state index contributed by atoms with van der Waals surface area (Å²) in [5.74, 6) is 0.167. The quantitative estimate of drug-likeness (QED) is 0.538. The molecular weight excluding hydrogens is 286 g/mol. The van der Waals surface area contributed by atoms with Crippen LogP contribution in [0.1, 0.15) is 15.2 Å². The minimum absolute atomic E-state index is 0. The van der Waals surface area contributed by atoms with Gasteiger partial charge in [-0.25, -0.2) is 0 Å². The van der Waals surface area contributed by atoms with Crippen LogP contribution < -0.4 is 21.5 Å². The van der Waals surface area contributed by atoms with E-state index in [0.29, 0.717) is 6.54 Å². The Bertz CT molecular complexity index is 468. The summed E-state index contributed by atoms with van der Waals surface area (Å²) < 4.78 is 1.91. The summed E-state index contributed by atoms with van der Waals surface area (Å²) in [6.07, 6.45) is 3.89. The monoisotopic (exact) mass is 297 g/mol. The van der Waals surface area contributed by atoms with Crippen molar-refractivity contribution in [3.05, 3.63) is 52.5 Å². The fourth-order valence-corrected chi connectivity index (χ4v) is 2.09. The maximum absolute atomic E-state index is 11.8. The molecule has 2 aromatic heterocycles. The second-order valence-electron chi connectivity index (χ2n) is 3.45. The number of ketones is 1. The predicted molar refractivity (Wildman–Crippen MR) is 60.0 cm³/mol. The van der Waals surface area contributed by atoms with Gasteiger partial charge < -0.3 is 17.0 Å². The van der Waals surface area contributed by atoms with Crippen LogP contribution in [0, 0.1) is 6.92 Å². The number of carbonyl (C=O) groups excluding carboxylic acids is 1. The smallest absolute Gasteiger partial charge is 0.237 e. The Morgan fingerprint density at radius 3 is 2.81 bits per heavy atom. The molecule has 2 nitrogen and oxygen atoms in total. The van der Waals surface area contributed by atoms with E-state index in [1.165, 1.54) is 11.3 Å². The van der Waals surface area contributed by atoms with Crippen molar-refractivity contribution < 1.29 is 26.3 Å². The first kappa shape index (κ1) is 13.1. The summed E-state index contributed by atoms with van der Waals surface area (Å²) in [6, 6.07) is 7.74. The van der Waals surface area contributed by atoms with E-state index in [1.54, 1.807) is 0 Å². The lowest BCUT2D eigenvalue weighted by atomic mass is 10.3. The molecule has 0 aromatic carbocycles. The molecule has 0 saturated carbocycles. The number of rotatable bonds is 3. The molecule has 0 fully saturated rings. The van der Waals surface area contributed by atoms with Gasteiger partial charge in [0.15, 0.2) is 12.4 Å². The molecule has 0 bridgehead atoms. The summed E-state index contributed by atoms with van der Waals surface area (Å²) >= 11 is 1.49. The number of aryl methyl sites for hydroxylation is 1. The third kappa shape index (κ3) is 3.25. The van der Waals surface area contributed by atoms with E-state index in [0.717, 1.165) is 10.4 Å². The standard InChI is InChI=1S/C12H12NOS.BrH/c1-10-4-2-6-13(8-10)9-11(14)12-5-3-7-15-12;/h2-8H,9H2,1H3;1H/q+1;/p-1. The second-order valence-corrected chi connectivity index (χ2v) is 4.40. The van der Waals surface area contributed by atoms with Gasteiger partial charge >= 0.3 is 0 Å². The Labute approximate surface area is 109 Å². The lowest BCUT2D eigenvalue weighted by Crippen LogP contribution is -3.00. The molecule has 0 N–H and O–H groups in total. The van der Waals surface area contributed by atoms with E-state index in [9.17, 15) is 4.79 Å². The number of aromatic nitrogens is 1. The van der Waals surface area contributed by atoms with E-state index in [2.05, 4.69) is 0 Å². The average molecular weight is 298 g/mol. The Morgan fingerprint density at radius 1 is 1.38 bits per heavy atom. The molecule has 2 heterocycles. The van der Waals surface area contributed by atoms with E-state index in [-0.39, 0.29) is 22.8 Å². The van der Waals surface area contributed by atoms with Crippen LogP contribution in [0.4, 0.5) is 0 Å². The Balaban J connectivity index is 0.00000128. The topological polar surface area (TPSA) is 20.9 Å². The first-order chi connectivity index (χ1) is 7.25. The third-order valence-corrected chi connectivity index (χ3v) is 3.04.